The molecule has 4 amide bonds. The van der Waals surface area contributed by atoms with Crippen molar-refractivity contribution in [3.8, 4) is 5.75 Å². The quantitative estimate of drug-likeness (QED) is 0.339. The van der Waals surface area contributed by atoms with E-state index in [2.05, 4.69) is 5.32 Å². The maximum absolute atomic E-state index is 12.8. The molecule has 2 aromatic rings. The van der Waals surface area contributed by atoms with E-state index in [4.69, 9.17) is 27.9 Å². The number of nitrogens with one attached hydrogen (secondary N) is 1. The van der Waals surface area contributed by atoms with Gasteiger partial charge in [-0.3, -0.25) is 25.0 Å². The van der Waals surface area contributed by atoms with Crippen molar-refractivity contribution in [1.82, 2.24) is 5.32 Å². The number of benzene rings is 2. The molecule has 1 aliphatic rings. The topological polar surface area (TPSA) is 119 Å². The first-order chi connectivity index (χ1) is 13.7. The molecule has 0 bridgehead atoms. The van der Waals surface area contributed by atoms with Crippen LogP contribution in [-0.4, -0.2) is 29.9 Å². The molecular formula is C18H11Cl2N3O6. The first-order valence-electron chi connectivity index (χ1n) is 7.92. The Morgan fingerprint density at radius 1 is 1.10 bits per heavy atom. The van der Waals surface area contributed by atoms with Crippen LogP contribution in [-0.2, 0) is 9.59 Å². The molecule has 0 aromatic heterocycles. The summed E-state index contributed by atoms with van der Waals surface area (Å²) in [5.74, 6) is -1.57. The molecule has 0 aliphatic carbocycles. The van der Waals surface area contributed by atoms with E-state index in [9.17, 15) is 24.5 Å². The molecule has 0 unspecified atom stereocenters. The molecule has 148 valence electrons. The fourth-order valence-corrected chi connectivity index (χ4v) is 3.30. The molecule has 3 rings (SSSR count). The number of carbonyl (C=O) groups excluding carboxylic acids is 3. The Labute approximate surface area is 173 Å². The number of rotatable bonds is 4. The number of imide groups is 2. The highest BCUT2D eigenvalue weighted by Crippen LogP contribution is 2.35. The summed E-state index contributed by atoms with van der Waals surface area (Å²) in [5, 5.41) is 13.2. The van der Waals surface area contributed by atoms with Crippen LogP contribution in [0.5, 0.6) is 5.75 Å². The number of methoxy groups -OCH3 is 1. The molecule has 1 fully saturated rings. The van der Waals surface area contributed by atoms with Crippen LogP contribution in [0.25, 0.3) is 6.08 Å². The minimum Gasteiger partial charge on any atom is -0.494 e. The second kappa shape index (κ2) is 7.90. The SMILES string of the molecule is COc1c(Cl)cc(/C=C2\C(=O)NC(=O)N(c3ccc([N+](=O)[O-])cc3)C2=O)cc1Cl. The van der Waals surface area contributed by atoms with Crippen molar-refractivity contribution in [1.29, 1.82) is 0 Å². The van der Waals surface area contributed by atoms with E-state index in [1.54, 1.807) is 0 Å². The summed E-state index contributed by atoms with van der Waals surface area (Å²) >= 11 is 12.1. The number of carbonyl (C=O) groups is 3. The number of ether oxygens (including phenoxy) is 1. The average Bonchev–Trinajstić information content (AvgIpc) is 2.65. The number of non-ortho nitro benzene ring substituents is 1. The Bertz CT molecular complexity index is 1060. The third-order valence-electron chi connectivity index (χ3n) is 3.96. The van der Waals surface area contributed by atoms with Crippen LogP contribution in [0.3, 0.4) is 0 Å². The lowest BCUT2D eigenvalue weighted by Gasteiger charge is -2.26. The van der Waals surface area contributed by atoms with Crippen molar-refractivity contribution >= 4 is 58.5 Å². The standard InChI is InChI=1S/C18H11Cl2N3O6/c1-29-15-13(19)7-9(8-14(15)20)6-12-16(24)21-18(26)22(17(12)25)10-2-4-11(5-3-10)23(27)28/h2-8H,1H3,(H,21,24,26)/b12-6+. The van der Waals surface area contributed by atoms with E-state index >= 15 is 0 Å². The first-order valence-corrected chi connectivity index (χ1v) is 8.67. The van der Waals surface area contributed by atoms with Gasteiger partial charge in [0.2, 0.25) is 0 Å². The lowest BCUT2D eigenvalue weighted by molar-refractivity contribution is -0.384. The van der Waals surface area contributed by atoms with Gasteiger partial charge in [-0.2, -0.15) is 0 Å². The summed E-state index contributed by atoms with van der Waals surface area (Å²) in [6, 6.07) is 6.63. The number of nitro benzene ring substituents is 1. The Balaban J connectivity index is 2.01. The molecule has 0 spiro atoms. The summed E-state index contributed by atoms with van der Waals surface area (Å²) < 4.78 is 5.05. The molecule has 1 saturated heterocycles. The molecule has 0 atom stereocenters. The van der Waals surface area contributed by atoms with Crippen molar-refractivity contribution < 1.29 is 24.0 Å². The highest BCUT2D eigenvalue weighted by molar-refractivity contribution is 6.40. The first kappa shape index (κ1) is 20.3. The maximum atomic E-state index is 12.8. The Morgan fingerprint density at radius 3 is 2.21 bits per heavy atom. The fraction of sp³-hybridized carbons (Fsp3) is 0.0556. The lowest BCUT2D eigenvalue weighted by atomic mass is 10.1. The molecule has 11 heteroatoms. The van der Waals surface area contributed by atoms with Crippen molar-refractivity contribution in [2.24, 2.45) is 0 Å². The van der Waals surface area contributed by atoms with Crippen LogP contribution >= 0.6 is 23.2 Å². The zero-order valence-corrected chi connectivity index (χ0v) is 16.2. The van der Waals surface area contributed by atoms with Gasteiger partial charge in [0.25, 0.3) is 17.5 Å². The van der Waals surface area contributed by atoms with Crippen LogP contribution in [0.4, 0.5) is 16.2 Å². The predicted molar refractivity (Wildman–Crippen MR) is 105 cm³/mol. The predicted octanol–water partition coefficient (Wildman–Crippen LogP) is 3.58. The molecule has 9 nitrogen and oxygen atoms in total. The highest BCUT2D eigenvalue weighted by Gasteiger charge is 2.37. The molecular weight excluding hydrogens is 425 g/mol. The van der Waals surface area contributed by atoms with Crippen LogP contribution in [0, 0.1) is 10.1 Å². The van der Waals surface area contributed by atoms with Gasteiger partial charge in [0, 0.05) is 12.1 Å². The minimum absolute atomic E-state index is 0.0577. The highest BCUT2D eigenvalue weighted by atomic mass is 35.5. The van der Waals surface area contributed by atoms with Crippen molar-refractivity contribution in [3.63, 3.8) is 0 Å². The number of amides is 4. The molecule has 0 radical (unpaired) electrons. The zero-order chi connectivity index (χ0) is 21.3. The van der Waals surface area contributed by atoms with Crippen molar-refractivity contribution in [2.45, 2.75) is 0 Å². The molecule has 1 N–H and O–H groups in total. The van der Waals surface area contributed by atoms with E-state index in [1.165, 1.54) is 37.5 Å². The number of urea groups is 1. The fourth-order valence-electron chi connectivity index (χ4n) is 2.64. The molecule has 1 heterocycles. The number of barbiturate groups is 1. The number of hydrogen-bond acceptors (Lipinski definition) is 6. The molecule has 29 heavy (non-hydrogen) atoms. The average molecular weight is 436 g/mol. The molecule has 1 aliphatic heterocycles. The Morgan fingerprint density at radius 2 is 1.69 bits per heavy atom. The van der Waals surface area contributed by atoms with Gasteiger partial charge in [-0.05, 0) is 35.9 Å². The molecule has 0 saturated carbocycles. The largest absolute Gasteiger partial charge is 0.494 e. The summed E-state index contributed by atoms with van der Waals surface area (Å²) in [6.45, 7) is 0. The van der Waals surface area contributed by atoms with Crippen molar-refractivity contribution in [2.75, 3.05) is 12.0 Å². The van der Waals surface area contributed by atoms with Gasteiger partial charge in [-0.15, -0.1) is 0 Å². The van der Waals surface area contributed by atoms with Gasteiger partial charge in [-0.1, -0.05) is 23.2 Å². The van der Waals surface area contributed by atoms with E-state index in [-0.39, 0.29) is 32.7 Å². The smallest absolute Gasteiger partial charge is 0.335 e. The second-order valence-electron chi connectivity index (χ2n) is 5.75. The van der Waals surface area contributed by atoms with Gasteiger partial charge >= 0.3 is 6.03 Å². The summed E-state index contributed by atoms with van der Waals surface area (Å²) in [4.78, 5) is 48.1. The normalized spacial score (nSPS) is 15.5. The van der Waals surface area contributed by atoms with Gasteiger partial charge < -0.3 is 4.74 Å². The van der Waals surface area contributed by atoms with Crippen LogP contribution in [0.1, 0.15) is 5.56 Å². The van der Waals surface area contributed by atoms with Crippen molar-refractivity contribution in [3.05, 3.63) is 67.7 Å². The van der Waals surface area contributed by atoms with Gasteiger partial charge in [0.1, 0.15) is 5.57 Å². The summed E-state index contributed by atoms with van der Waals surface area (Å²) in [7, 11) is 1.39. The van der Waals surface area contributed by atoms with E-state index in [0.717, 1.165) is 12.1 Å². The monoisotopic (exact) mass is 435 g/mol. The van der Waals surface area contributed by atoms with E-state index in [1.807, 2.05) is 0 Å². The van der Waals surface area contributed by atoms with Crippen LogP contribution in [0.15, 0.2) is 42.0 Å². The summed E-state index contributed by atoms with van der Waals surface area (Å²) in [5.41, 5.74) is -0.173. The third-order valence-corrected chi connectivity index (χ3v) is 4.52. The number of nitrogens with zero attached hydrogens (tertiary/aromatic N) is 2. The van der Waals surface area contributed by atoms with E-state index in [0.29, 0.717) is 10.5 Å². The second-order valence-corrected chi connectivity index (χ2v) is 6.56. The number of hydrogen-bond donors (Lipinski definition) is 1. The third kappa shape index (κ3) is 3.91. The maximum Gasteiger partial charge on any atom is 0.335 e. The van der Waals surface area contributed by atoms with E-state index < -0.39 is 22.8 Å². The van der Waals surface area contributed by atoms with Gasteiger partial charge in [0.15, 0.2) is 5.75 Å². The number of halogens is 2. The Hall–Kier alpha value is -3.43. The van der Waals surface area contributed by atoms with Crippen LogP contribution in [0.2, 0.25) is 10.0 Å². The number of nitro groups is 1. The molecule has 2 aromatic carbocycles. The van der Waals surface area contributed by atoms with Gasteiger partial charge in [-0.25, -0.2) is 9.69 Å². The van der Waals surface area contributed by atoms with Gasteiger partial charge in [0.05, 0.1) is 27.8 Å². The zero-order valence-electron chi connectivity index (χ0n) is 14.6. The summed E-state index contributed by atoms with van der Waals surface area (Å²) in [6.07, 6.45) is 1.22. The minimum atomic E-state index is -0.975. The lowest BCUT2D eigenvalue weighted by Crippen LogP contribution is -2.54. The van der Waals surface area contributed by atoms with Crippen LogP contribution < -0.4 is 15.0 Å². The Kier molecular flexibility index (Phi) is 5.53. The number of anilines is 1.